The summed E-state index contributed by atoms with van der Waals surface area (Å²) in [4.78, 5) is 24.6. The number of amides is 1. The molecule has 0 saturated carbocycles. The van der Waals surface area contributed by atoms with Gasteiger partial charge in [-0.25, -0.2) is 17.6 Å². The number of benzene rings is 1. The van der Waals surface area contributed by atoms with Gasteiger partial charge in [0.1, 0.15) is 11.9 Å². The fraction of sp³-hybridized carbons (Fsp3) is 0.579. The molecule has 1 aliphatic rings. The summed E-state index contributed by atoms with van der Waals surface area (Å²) in [5.41, 5.74) is 0. The van der Waals surface area contributed by atoms with Crippen molar-refractivity contribution in [3.63, 3.8) is 0 Å². The zero-order valence-corrected chi connectivity index (χ0v) is 17.2. The lowest BCUT2D eigenvalue weighted by Gasteiger charge is -2.32. The molecule has 2 atom stereocenters. The number of carbonyl (C=O) groups excluding carboxylic acids is 2. The third-order valence-corrected chi connectivity index (χ3v) is 7.15. The standard InChI is InChI=1S/C19H27FN2O5S/c1-4-13(2)17(19(24)27-3)21-18(23)14-9-11-22(12-10-14)28(25,26)16-7-5-15(20)6-8-16/h5-8,13-14,17H,4,9-12H2,1-3H3,(H,21,23)/t13-,17-/m1/s1. The summed E-state index contributed by atoms with van der Waals surface area (Å²) in [6.45, 7) is 4.15. The van der Waals surface area contributed by atoms with Gasteiger partial charge in [0.15, 0.2) is 0 Å². The van der Waals surface area contributed by atoms with E-state index in [1.165, 1.54) is 23.5 Å². The van der Waals surface area contributed by atoms with Gasteiger partial charge in [0.2, 0.25) is 15.9 Å². The summed E-state index contributed by atoms with van der Waals surface area (Å²) in [6.07, 6.45) is 1.40. The first-order valence-electron chi connectivity index (χ1n) is 9.34. The lowest BCUT2D eigenvalue weighted by atomic mass is 9.94. The van der Waals surface area contributed by atoms with Gasteiger partial charge in [-0.15, -0.1) is 0 Å². The van der Waals surface area contributed by atoms with Crippen LogP contribution in [0.3, 0.4) is 0 Å². The van der Waals surface area contributed by atoms with Crippen molar-refractivity contribution in [3.05, 3.63) is 30.1 Å². The molecule has 156 valence electrons. The molecule has 0 aliphatic carbocycles. The second-order valence-corrected chi connectivity index (χ2v) is 8.97. The number of sulfonamides is 1. The first-order valence-corrected chi connectivity index (χ1v) is 10.8. The van der Waals surface area contributed by atoms with Crippen LogP contribution < -0.4 is 5.32 Å². The summed E-state index contributed by atoms with van der Waals surface area (Å²) < 4.78 is 44.4. The van der Waals surface area contributed by atoms with Crippen LogP contribution in [0.1, 0.15) is 33.1 Å². The van der Waals surface area contributed by atoms with Crippen molar-refractivity contribution >= 4 is 21.9 Å². The zero-order chi connectivity index (χ0) is 20.9. The molecular weight excluding hydrogens is 387 g/mol. The Hall–Kier alpha value is -2.00. The number of ether oxygens (including phenoxy) is 1. The fourth-order valence-corrected chi connectivity index (χ4v) is 4.65. The van der Waals surface area contributed by atoms with E-state index >= 15 is 0 Å². The second kappa shape index (κ2) is 9.47. The van der Waals surface area contributed by atoms with E-state index < -0.39 is 27.9 Å². The third kappa shape index (κ3) is 5.08. The van der Waals surface area contributed by atoms with Crippen LogP contribution >= 0.6 is 0 Å². The summed E-state index contributed by atoms with van der Waals surface area (Å²) in [5.74, 6) is -1.71. The van der Waals surface area contributed by atoms with Crippen molar-refractivity contribution in [2.75, 3.05) is 20.2 Å². The number of nitrogens with zero attached hydrogens (tertiary/aromatic N) is 1. The average molecular weight is 414 g/mol. The molecule has 2 rings (SSSR count). The summed E-state index contributed by atoms with van der Waals surface area (Å²) >= 11 is 0. The molecule has 1 fully saturated rings. The second-order valence-electron chi connectivity index (χ2n) is 7.03. The maximum absolute atomic E-state index is 13.0. The Bertz CT molecular complexity index is 789. The molecule has 1 amide bonds. The molecule has 1 aliphatic heterocycles. The van der Waals surface area contributed by atoms with Crippen molar-refractivity contribution in [1.29, 1.82) is 0 Å². The van der Waals surface area contributed by atoms with Crippen LogP contribution in [0.5, 0.6) is 0 Å². The molecular formula is C19H27FN2O5S. The minimum absolute atomic E-state index is 0.0272. The normalized spacial score (nSPS) is 18.3. The monoisotopic (exact) mass is 414 g/mol. The number of halogens is 1. The van der Waals surface area contributed by atoms with Crippen LogP contribution in [0.15, 0.2) is 29.2 Å². The predicted octanol–water partition coefficient (Wildman–Crippen LogP) is 1.93. The van der Waals surface area contributed by atoms with E-state index in [2.05, 4.69) is 5.32 Å². The molecule has 0 bridgehead atoms. The van der Waals surface area contributed by atoms with Crippen LogP contribution in [0.4, 0.5) is 4.39 Å². The number of rotatable bonds is 7. The maximum atomic E-state index is 13.0. The SMILES string of the molecule is CC[C@@H](C)[C@@H](NC(=O)C1CCN(S(=O)(=O)c2ccc(F)cc2)CC1)C(=O)OC. The van der Waals surface area contributed by atoms with E-state index in [0.717, 1.165) is 12.1 Å². The van der Waals surface area contributed by atoms with Crippen molar-refractivity contribution in [3.8, 4) is 0 Å². The third-order valence-electron chi connectivity index (χ3n) is 5.24. The minimum Gasteiger partial charge on any atom is -0.467 e. The molecule has 0 spiro atoms. The molecule has 0 radical (unpaired) electrons. The minimum atomic E-state index is -3.72. The molecule has 1 aromatic carbocycles. The van der Waals surface area contributed by atoms with Gasteiger partial charge in [-0.1, -0.05) is 20.3 Å². The van der Waals surface area contributed by atoms with E-state index in [0.29, 0.717) is 19.3 Å². The molecule has 0 unspecified atom stereocenters. The summed E-state index contributed by atoms with van der Waals surface area (Å²) in [6, 6.07) is 3.96. The lowest BCUT2D eigenvalue weighted by molar-refractivity contribution is -0.147. The van der Waals surface area contributed by atoms with Crippen molar-refractivity contribution in [2.24, 2.45) is 11.8 Å². The van der Waals surface area contributed by atoms with Crippen LogP contribution in [-0.4, -0.2) is 50.8 Å². The first-order chi connectivity index (χ1) is 13.2. The van der Waals surface area contributed by atoms with Gasteiger partial charge >= 0.3 is 5.97 Å². The van der Waals surface area contributed by atoms with Gasteiger partial charge in [-0.2, -0.15) is 4.31 Å². The average Bonchev–Trinajstić information content (AvgIpc) is 2.71. The molecule has 28 heavy (non-hydrogen) atoms. The number of hydrogen-bond acceptors (Lipinski definition) is 5. The molecule has 9 heteroatoms. The van der Waals surface area contributed by atoms with Crippen molar-refractivity contribution in [1.82, 2.24) is 9.62 Å². The van der Waals surface area contributed by atoms with Crippen molar-refractivity contribution < 1.29 is 27.1 Å². The molecule has 1 saturated heterocycles. The highest BCUT2D eigenvalue weighted by Gasteiger charge is 2.34. The number of nitrogens with one attached hydrogen (secondary N) is 1. The highest BCUT2D eigenvalue weighted by molar-refractivity contribution is 7.89. The van der Waals surface area contributed by atoms with Crippen LogP contribution in [-0.2, 0) is 24.3 Å². The fourth-order valence-electron chi connectivity index (χ4n) is 3.18. The quantitative estimate of drug-likeness (QED) is 0.688. The van der Waals surface area contributed by atoms with Crippen LogP contribution in [0.2, 0.25) is 0 Å². The molecule has 1 aromatic rings. The maximum Gasteiger partial charge on any atom is 0.328 e. The van der Waals surface area contributed by atoms with E-state index in [1.807, 2.05) is 13.8 Å². The number of carbonyl (C=O) groups is 2. The largest absolute Gasteiger partial charge is 0.467 e. The van der Waals surface area contributed by atoms with Gasteiger partial charge in [-0.3, -0.25) is 4.79 Å². The Morgan fingerprint density at radius 3 is 2.32 bits per heavy atom. The van der Waals surface area contributed by atoms with E-state index in [9.17, 15) is 22.4 Å². The number of piperidine rings is 1. The van der Waals surface area contributed by atoms with E-state index in [4.69, 9.17) is 4.74 Å². The number of esters is 1. The van der Waals surface area contributed by atoms with Crippen LogP contribution in [0, 0.1) is 17.7 Å². The van der Waals surface area contributed by atoms with Gasteiger partial charge in [-0.05, 0) is 43.0 Å². The smallest absolute Gasteiger partial charge is 0.328 e. The van der Waals surface area contributed by atoms with Gasteiger partial charge in [0, 0.05) is 19.0 Å². The molecule has 0 aromatic heterocycles. The highest BCUT2D eigenvalue weighted by Crippen LogP contribution is 2.24. The van der Waals surface area contributed by atoms with E-state index in [1.54, 1.807) is 0 Å². The van der Waals surface area contributed by atoms with Crippen molar-refractivity contribution in [2.45, 2.75) is 44.0 Å². The lowest BCUT2D eigenvalue weighted by Crippen LogP contribution is -2.50. The Balaban J connectivity index is 1.99. The highest BCUT2D eigenvalue weighted by atomic mass is 32.2. The Morgan fingerprint density at radius 1 is 1.25 bits per heavy atom. The Morgan fingerprint density at radius 2 is 1.82 bits per heavy atom. The molecule has 1 N–H and O–H groups in total. The Labute approximate surface area is 165 Å². The summed E-state index contributed by atoms with van der Waals surface area (Å²) in [5, 5.41) is 2.76. The Kier molecular flexibility index (Phi) is 7.54. The predicted molar refractivity (Wildman–Crippen MR) is 101 cm³/mol. The topological polar surface area (TPSA) is 92.8 Å². The van der Waals surface area contributed by atoms with Gasteiger partial charge < -0.3 is 10.1 Å². The first kappa shape index (κ1) is 22.3. The number of hydrogen-bond donors (Lipinski definition) is 1. The van der Waals surface area contributed by atoms with Gasteiger partial charge in [0.25, 0.3) is 0 Å². The van der Waals surface area contributed by atoms with Gasteiger partial charge in [0.05, 0.1) is 12.0 Å². The number of methoxy groups -OCH3 is 1. The summed E-state index contributed by atoms with van der Waals surface area (Å²) in [7, 11) is -2.44. The molecule has 7 nitrogen and oxygen atoms in total. The van der Waals surface area contributed by atoms with E-state index in [-0.39, 0.29) is 35.7 Å². The molecule has 1 heterocycles. The zero-order valence-electron chi connectivity index (χ0n) is 16.4. The van der Waals surface area contributed by atoms with Crippen LogP contribution in [0.25, 0.3) is 0 Å².